The summed E-state index contributed by atoms with van der Waals surface area (Å²) in [6, 6.07) is 12.3. The lowest BCUT2D eigenvalue weighted by molar-refractivity contribution is 0.413. The fraction of sp³-hybridized carbons (Fsp3) is 0.312. The van der Waals surface area contributed by atoms with Gasteiger partial charge < -0.3 is 15.4 Å². The third-order valence-electron chi connectivity index (χ3n) is 3.13. The van der Waals surface area contributed by atoms with Crippen LogP contribution in [0.1, 0.15) is 12.0 Å². The van der Waals surface area contributed by atoms with Crippen molar-refractivity contribution < 1.29 is 4.74 Å². The molecule has 2 rings (SSSR count). The van der Waals surface area contributed by atoms with Crippen LogP contribution in [0.4, 0.5) is 11.5 Å². The van der Waals surface area contributed by atoms with Gasteiger partial charge in [-0.05, 0) is 49.7 Å². The van der Waals surface area contributed by atoms with Gasteiger partial charge in [0.2, 0.25) is 0 Å². The molecule has 2 N–H and O–H groups in total. The maximum atomic E-state index is 5.64. The molecule has 0 saturated heterocycles. The Kier molecular flexibility index (Phi) is 4.96. The van der Waals surface area contributed by atoms with E-state index >= 15 is 0 Å². The van der Waals surface area contributed by atoms with Crippen molar-refractivity contribution in [2.45, 2.75) is 13.3 Å². The lowest BCUT2D eigenvalue weighted by Crippen LogP contribution is -2.21. The summed E-state index contributed by atoms with van der Waals surface area (Å²) in [5.41, 5.74) is 8.01. The van der Waals surface area contributed by atoms with Crippen molar-refractivity contribution in [1.29, 1.82) is 0 Å². The van der Waals surface area contributed by atoms with E-state index in [0.717, 1.165) is 30.2 Å². The van der Waals surface area contributed by atoms with E-state index in [2.05, 4.69) is 41.1 Å². The van der Waals surface area contributed by atoms with Gasteiger partial charge in [0.15, 0.2) is 0 Å². The normalized spacial score (nSPS) is 10.3. The summed E-state index contributed by atoms with van der Waals surface area (Å²) in [5, 5.41) is 0. The highest BCUT2D eigenvalue weighted by molar-refractivity contribution is 5.61. The molecule has 0 fully saturated rings. The number of ether oxygens (including phenoxy) is 1. The van der Waals surface area contributed by atoms with Crippen molar-refractivity contribution in [3.63, 3.8) is 0 Å². The first-order chi connectivity index (χ1) is 9.74. The average Bonchev–Trinajstić information content (AvgIpc) is 2.48. The number of benzene rings is 1. The molecule has 1 aromatic carbocycles. The summed E-state index contributed by atoms with van der Waals surface area (Å²) in [7, 11) is 1.64. The zero-order valence-corrected chi connectivity index (χ0v) is 12.0. The minimum absolute atomic E-state index is 0.665. The minimum atomic E-state index is 0.665. The van der Waals surface area contributed by atoms with Gasteiger partial charge in [-0.3, -0.25) is 0 Å². The van der Waals surface area contributed by atoms with Gasteiger partial charge in [-0.15, -0.1) is 0 Å². The van der Waals surface area contributed by atoms with Crippen LogP contribution in [0.2, 0.25) is 0 Å². The molecule has 0 bridgehead atoms. The zero-order chi connectivity index (χ0) is 14.4. The Morgan fingerprint density at radius 2 is 2.10 bits per heavy atom. The molecule has 4 nitrogen and oxygen atoms in total. The second-order valence-electron chi connectivity index (χ2n) is 4.69. The highest BCUT2D eigenvalue weighted by Crippen LogP contribution is 2.25. The molecule has 20 heavy (non-hydrogen) atoms. The van der Waals surface area contributed by atoms with Gasteiger partial charge in [0.25, 0.3) is 0 Å². The molecular weight excluding hydrogens is 250 g/mol. The van der Waals surface area contributed by atoms with Crippen LogP contribution in [0.3, 0.4) is 0 Å². The predicted octanol–water partition coefficient (Wildman–Crippen LogP) is 2.89. The van der Waals surface area contributed by atoms with E-state index in [-0.39, 0.29) is 0 Å². The van der Waals surface area contributed by atoms with E-state index in [9.17, 15) is 0 Å². The molecule has 0 aliphatic rings. The first-order valence-electron chi connectivity index (χ1n) is 6.79. The van der Waals surface area contributed by atoms with Crippen LogP contribution < -0.4 is 15.4 Å². The second-order valence-corrected chi connectivity index (χ2v) is 4.69. The molecule has 0 amide bonds. The van der Waals surface area contributed by atoms with Crippen LogP contribution in [-0.4, -0.2) is 25.2 Å². The lowest BCUT2D eigenvalue weighted by Gasteiger charge is -2.24. The van der Waals surface area contributed by atoms with Crippen molar-refractivity contribution in [3.8, 4) is 5.75 Å². The van der Waals surface area contributed by atoms with Gasteiger partial charge in [0, 0.05) is 12.2 Å². The fourth-order valence-electron chi connectivity index (χ4n) is 2.07. The van der Waals surface area contributed by atoms with Gasteiger partial charge in [-0.1, -0.05) is 12.1 Å². The number of hydrogen-bond donors (Lipinski definition) is 1. The monoisotopic (exact) mass is 271 g/mol. The van der Waals surface area contributed by atoms with E-state index in [0.29, 0.717) is 6.54 Å². The maximum Gasteiger partial charge on any atom is 0.137 e. The Hall–Kier alpha value is -2.07. The van der Waals surface area contributed by atoms with Crippen LogP contribution in [0.5, 0.6) is 5.75 Å². The number of methoxy groups -OCH3 is 1. The molecule has 1 heterocycles. The summed E-state index contributed by atoms with van der Waals surface area (Å²) >= 11 is 0. The number of aromatic nitrogens is 1. The Balaban J connectivity index is 2.30. The van der Waals surface area contributed by atoms with Crippen LogP contribution in [0, 0.1) is 6.92 Å². The van der Waals surface area contributed by atoms with Gasteiger partial charge in [-0.2, -0.15) is 0 Å². The molecule has 0 spiro atoms. The molecule has 106 valence electrons. The minimum Gasteiger partial charge on any atom is -0.495 e. The number of pyridine rings is 1. The summed E-state index contributed by atoms with van der Waals surface area (Å²) in [6.45, 7) is 3.60. The molecule has 0 radical (unpaired) electrons. The van der Waals surface area contributed by atoms with Crippen molar-refractivity contribution in [2.24, 2.45) is 5.73 Å². The molecule has 0 unspecified atom stereocenters. The molecule has 4 heteroatoms. The first kappa shape index (κ1) is 14.3. The van der Waals surface area contributed by atoms with E-state index in [1.807, 2.05) is 12.1 Å². The number of aryl methyl sites for hydroxylation is 1. The van der Waals surface area contributed by atoms with Crippen LogP contribution >= 0.6 is 0 Å². The first-order valence-corrected chi connectivity index (χ1v) is 6.79. The second kappa shape index (κ2) is 6.91. The molecular formula is C16H21N3O. The lowest BCUT2D eigenvalue weighted by atomic mass is 10.2. The summed E-state index contributed by atoms with van der Waals surface area (Å²) < 4.78 is 5.15. The van der Waals surface area contributed by atoms with E-state index in [4.69, 9.17) is 10.5 Å². The quantitative estimate of drug-likeness (QED) is 0.877. The van der Waals surface area contributed by atoms with Crippen molar-refractivity contribution in [2.75, 3.05) is 25.1 Å². The number of anilines is 2. The van der Waals surface area contributed by atoms with E-state index in [1.54, 1.807) is 13.3 Å². The summed E-state index contributed by atoms with van der Waals surface area (Å²) in [4.78, 5) is 6.65. The molecule has 2 aromatic rings. The van der Waals surface area contributed by atoms with Crippen molar-refractivity contribution in [3.05, 3.63) is 48.2 Å². The molecule has 0 atom stereocenters. The van der Waals surface area contributed by atoms with Crippen molar-refractivity contribution in [1.82, 2.24) is 4.98 Å². The maximum absolute atomic E-state index is 5.64. The van der Waals surface area contributed by atoms with E-state index in [1.165, 1.54) is 5.56 Å². The van der Waals surface area contributed by atoms with Gasteiger partial charge in [0.05, 0.1) is 13.3 Å². The third-order valence-corrected chi connectivity index (χ3v) is 3.13. The van der Waals surface area contributed by atoms with Gasteiger partial charge in [-0.25, -0.2) is 4.98 Å². The number of nitrogens with zero attached hydrogens (tertiary/aromatic N) is 2. The number of rotatable bonds is 6. The molecule has 0 saturated carbocycles. The summed E-state index contributed by atoms with van der Waals surface area (Å²) in [5.74, 6) is 1.67. The highest BCUT2D eigenvalue weighted by Gasteiger charge is 2.10. The zero-order valence-electron chi connectivity index (χ0n) is 12.0. The van der Waals surface area contributed by atoms with Crippen LogP contribution in [-0.2, 0) is 0 Å². The Bertz CT molecular complexity index is 540. The Morgan fingerprint density at radius 3 is 2.70 bits per heavy atom. The van der Waals surface area contributed by atoms with Gasteiger partial charge in [0.1, 0.15) is 11.6 Å². The largest absolute Gasteiger partial charge is 0.495 e. The average molecular weight is 271 g/mol. The topological polar surface area (TPSA) is 51.4 Å². The fourth-order valence-corrected chi connectivity index (χ4v) is 2.07. The molecule has 0 aliphatic heterocycles. The molecule has 1 aromatic heterocycles. The summed E-state index contributed by atoms with van der Waals surface area (Å²) in [6.07, 6.45) is 2.65. The Labute approximate surface area is 120 Å². The van der Waals surface area contributed by atoms with Crippen LogP contribution in [0.15, 0.2) is 42.6 Å². The standard InChI is InChI=1S/C16H21N3O/c1-13-5-3-6-14(11-13)19(10-4-9-17)16-8-7-15(20-2)12-18-16/h3,5-8,11-12H,4,9-10,17H2,1-2H3. The van der Waals surface area contributed by atoms with Gasteiger partial charge >= 0.3 is 0 Å². The molecule has 0 aliphatic carbocycles. The predicted molar refractivity (Wildman–Crippen MR) is 82.6 cm³/mol. The Morgan fingerprint density at radius 1 is 1.25 bits per heavy atom. The number of hydrogen-bond acceptors (Lipinski definition) is 4. The SMILES string of the molecule is COc1ccc(N(CCCN)c2cccc(C)c2)nc1. The third kappa shape index (κ3) is 3.48. The van der Waals surface area contributed by atoms with Crippen molar-refractivity contribution >= 4 is 11.5 Å². The van der Waals surface area contributed by atoms with Crippen LogP contribution in [0.25, 0.3) is 0 Å². The smallest absolute Gasteiger partial charge is 0.137 e. The number of nitrogens with two attached hydrogens (primary N) is 1. The van der Waals surface area contributed by atoms with E-state index < -0.39 is 0 Å². The highest BCUT2D eigenvalue weighted by atomic mass is 16.5.